The summed E-state index contributed by atoms with van der Waals surface area (Å²) in [5.41, 5.74) is -0.914. The molecule has 0 amide bonds. The van der Waals surface area contributed by atoms with Gasteiger partial charge in [-0.15, -0.1) is 6.58 Å². The lowest BCUT2D eigenvalue weighted by molar-refractivity contribution is -0.146. The summed E-state index contributed by atoms with van der Waals surface area (Å²) in [5.74, 6) is -2.04. The van der Waals surface area contributed by atoms with Crippen LogP contribution >= 0.6 is 11.6 Å². The molecule has 0 aliphatic rings. The van der Waals surface area contributed by atoms with Crippen molar-refractivity contribution in [2.45, 2.75) is 39.7 Å². The first-order chi connectivity index (χ1) is 13.1. The summed E-state index contributed by atoms with van der Waals surface area (Å²) in [6.07, 6.45) is -3.44. The molecular formula is C18H17ClF4N4O. The van der Waals surface area contributed by atoms with Crippen molar-refractivity contribution in [2.75, 3.05) is 0 Å². The van der Waals surface area contributed by atoms with E-state index in [1.54, 1.807) is 13.8 Å². The van der Waals surface area contributed by atoms with E-state index in [1.165, 1.54) is 21.5 Å². The van der Waals surface area contributed by atoms with Gasteiger partial charge >= 0.3 is 6.18 Å². The van der Waals surface area contributed by atoms with Crippen LogP contribution in [0, 0.1) is 5.82 Å². The fourth-order valence-corrected chi connectivity index (χ4v) is 3.67. The van der Waals surface area contributed by atoms with E-state index in [1.807, 2.05) is 0 Å². The quantitative estimate of drug-likeness (QED) is 0.447. The number of fused-ring (bicyclic) bond motifs is 1. The molecule has 0 saturated heterocycles. The predicted molar refractivity (Wildman–Crippen MR) is 98.9 cm³/mol. The molecule has 0 aliphatic carbocycles. The number of imidazole rings is 1. The number of halogens is 5. The summed E-state index contributed by atoms with van der Waals surface area (Å²) in [7, 11) is 0. The minimum atomic E-state index is -4.73. The Balaban J connectivity index is 2.37. The van der Waals surface area contributed by atoms with Gasteiger partial charge < -0.3 is 4.57 Å². The van der Waals surface area contributed by atoms with Gasteiger partial charge in [-0.05, 0) is 19.9 Å². The molecule has 0 saturated carbocycles. The second-order valence-corrected chi connectivity index (χ2v) is 6.41. The smallest absolute Gasteiger partial charge is 0.316 e. The second kappa shape index (κ2) is 7.12. The van der Waals surface area contributed by atoms with Gasteiger partial charge in [0.15, 0.2) is 0 Å². The highest BCUT2D eigenvalue weighted by atomic mass is 35.5. The van der Waals surface area contributed by atoms with Crippen LogP contribution in [0.4, 0.5) is 17.6 Å². The highest BCUT2D eigenvalue weighted by Gasteiger charge is 2.37. The number of benzene rings is 1. The topological polar surface area (TPSA) is 44.8 Å². The Labute approximate surface area is 162 Å². The molecule has 0 N–H and O–H groups in total. The Morgan fingerprint density at radius 3 is 2.36 bits per heavy atom. The maximum atomic E-state index is 14.8. The van der Waals surface area contributed by atoms with E-state index in [0.717, 1.165) is 10.6 Å². The lowest BCUT2D eigenvalue weighted by atomic mass is 10.1. The summed E-state index contributed by atoms with van der Waals surface area (Å²) in [5, 5.41) is 0.0263. The molecule has 2 aromatic heterocycles. The number of alkyl halides is 3. The number of allylic oxidation sites excluding steroid dienone is 1. The molecule has 0 aliphatic heterocycles. The largest absolute Gasteiger partial charge is 0.449 e. The van der Waals surface area contributed by atoms with Crippen LogP contribution < -0.4 is 5.56 Å². The number of hydrogen-bond acceptors (Lipinski definition) is 2. The number of hydrogen-bond donors (Lipinski definition) is 0. The van der Waals surface area contributed by atoms with Crippen molar-refractivity contribution < 1.29 is 17.6 Å². The Kier molecular flexibility index (Phi) is 5.14. The average Bonchev–Trinajstić information content (AvgIpc) is 3.08. The van der Waals surface area contributed by atoms with Crippen molar-refractivity contribution in [3.8, 4) is 11.1 Å². The van der Waals surface area contributed by atoms with Crippen molar-refractivity contribution in [3.63, 3.8) is 0 Å². The molecule has 0 radical (unpaired) electrons. The molecule has 1 aromatic carbocycles. The Morgan fingerprint density at radius 2 is 1.86 bits per heavy atom. The van der Waals surface area contributed by atoms with Crippen LogP contribution in [0.5, 0.6) is 0 Å². The molecule has 3 aromatic rings. The van der Waals surface area contributed by atoms with Gasteiger partial charge in [0.25, 0.3) is 5.56 Å². The molecule has 3 rings (SSSR count). The van der Waals surface area contributed by atoms with E-state index in [-0.39, 0.29) is 33.9 Å². The zero-order chi connectivity index (χ0) is 20.8. The van der Waals surface area contributed by atoms with Crippen molar-refractivity contribution in [1.29, 1.82) is 0 Å². The van der Waals surface area contributed by atoms with E-state index in [9.17, 15) is 22.4 Å². The Bertz CT molecular complexity index is 1120. The zero-order valence-corrected chi connectivity index (χ0v) is 15.9. The molecule has 0 spiro atoms. The van der Waals surface area contributed by atoms with E-state index >= 15 is 0 Å². The first-order valence-corrected chi connectivity index (χ1v) is 8.90. The molecular weight excluding hydrogens is 400 g/mol. The average molecular weight is 417 g/mol. The van der Waals surface area contributed by atoms with Crippen LogP contribution in [0.1, 0.15) is 19.7 Å². The van der Waals surface area contributed by atoms with Crippen LogP contribution in [-0.4, -0.2) is 18.9 Å². The lowest BCUT2D eigenvalue weighted by Gasteiger charge is -2.09. The standard InChI is InChI=1S/C18H17ClF4N4O/c1-4-7-25-13-8-10(11(20)9-12(13)24-17(25)18(21,22)23)14-15(19)26(5-2)27(6-3)16(14)28/h4,8-9H,1,5-7H2,2-3H3. The maximum Gasteiger partial charge on any atom is 0.449 e. The second-order valence-electron chi connectivity index (χ2n) is 6.06. The van der Waals surface area contributed by atoms with E-state index in [0.29, 0.717) is 13.1 Å². The van der Waals surface area contributed by atoms with Crippen LogP contribution in [0.15, 0.2) is 29.6 Å². The summed E-state index contributed by atoms with van der Waals surface area (Å²) in [6.45, 7) is 7.47. The van der Waals surface area contributed by atoms with Gasteiger partial charge in [0.05, 0.1) is 16.6 Å². The monoisotopic (exact) mass is 416 g/mol. The van der Waals surface area contributed by atoms with Crippen molar-refractivity contribution >= 4 is 22.6 Å². The SMILES string of the molecule is C=CCn1c(C(F)(F)F)nc2cc(F)c(-c3c(Cl)n(CC)n(CC)c3=O)cc21. The third-order valence-corrected chi connectivity index (χ3v) is 4.83. The zero-order valence-electron chi connectivity index (χ0n) is 15.1. The van der Waals surface area contributed by atoms with E-state index < -0.39 is 23.4 Å². The third-order valence-electron chi connectivity index (χ3n) is 4.44. The molecule has 150 valence electrons. The van der Waals surface area contributed by atoms with Crippen LogP contribution in [0.2, 0.25) is 5.15 Å². The van der Waals surface area contributed by atoms with Crippen molar-refractivity contribution in [1.82, 2.24) is 18.9 Å². The normalized spacial score (nSPS) is 12.1. The highest BCUT2D eigenvalue weighted by Crippen LogP contribution is 2.35. The maximum absolute atomic E-state index is 14.8. The van der Waals surface area contributed by atoms with Gasteiger partial charge in [-0.1, -0.05) is 17.7 Å². The Morgan fingerprint density at radius 1 is 1.21 bits per heavy atom. The number of rotatable bonds is 5. The third kappa shape index (κ3) is 3.03. The molecule has 2 heterocycles. The predicted octanol–water partition coefficient (Wildman–Crippen LogP) is 4.70. The number of nitrogens with zero attached hydrogens (tertiary/aromatic N) is 4. The molecule has 10 heteroatoms. The summed E-state index contributed by atoms with van der Waals surface area (Å²) in [6, 6.07) is 2.06. The summed E-state index contributed by atoms with van der Waals surface area (Å²) >= 11 is 6.31. The van der Waals surface area contributed by atoms with Crippen molar-refractivity contribution in [2.24, 2.45) is 0 Å². The molecule has 0 atom stereocenters. The van der Waals surface area contributed by atoms with Gasteiger partial charge in [-0.3, -0.25) is 9.48 Å². The fourth-order valence-electron chi connectivity index (χ4n) is 3.28. The number of aromatic nitrogens is 4. The summed E-state index contributed by atoms with van der Waals surface area (Å²) < 4.78 is 58.5. The van der Waals surface area contributed by atoms with Crippen molar-refractivity contribution in [3.05, 3.63) is 51.9 Å². The van der Waals surface area contributed by atoms with Gasteiger partial charge in [0.2, 0.25) is 5.82 Å². The van der Waals surface area contributed by atoms with Gasteiger partial charge in [0, 0.05) is 31.3 Å². The first-order valence-electron chi connectivity index (χ1n) is 8.52. The van der Waals surface area contributed by atoms with Gasteiger partial charge in [-0.25, -0.2) is 14.1 Å². The van der Waals surface area contributed by atoms with Crippen LogP contribution in [0.3, 0.4) is 0 Å². The van der Waals surface area contributed by atoms with Crippen LogP contribution in [0.25, 0.3) is 22.2 Å². The van der Waals surface area contributed by atoms with E-state index in [2.05, 4.69) is 11.6 Å². The lowest BCUT2D eigenvalue weighted by Crippen LogP contribution is -2.22. The molecule has 5 nitrogen and oxygen atoms in total. The fraction of sp³-hybridized carbons (Fsp3) is 0.333. The first kappa shape index (κ1) is 20.2. The van der Waals surface area contributed by atoms with Crippen LogP contribution in [-0.2, 0) is 25.8 Å². The molecule has 0 unspecified atom stereocenters. The van der Waals surface area contributed by atoms with Gasteiger partial charge in [0.1, 0.15) is 11.0 Å². The molecule has 0 bridgehead atoms. The van der Waals surface area contributed by atoms with Gasteiger partial charge in [-0.2, -0.15) is 13.2 Å². The highest BCUT2D eigenvalue weighted by molar-refractivity contribution is 6.32. The minimum absolute atomic E-state index is 0.0263. The van der Waals surface area contributed by atoms with E-state index in [4.69, 9.17) is 11.6 Å². The minimum Gasteiger partial charge on any atom is -0.316 e. The molecule has 28 heavy (non-hydrogen) atoms. The Hall–Kier alpha value is -2.55. The summed E-state index contributed by atoms with van der Waals surface area (Å²) in [4.78, 5) is 16.3. The molecule has 0 fully saturated rings.